The van der Waals surface area contributed by atoms with E-state index in [0.29, 0.717) is 26.2 Å². The average molecular weight is 287 g/mol. The van der Waals surface area contributed by atoms with E-state index in [1.165, 1.54) is 7.11 Å². The number of nitrogens with zero attached hydrogens (tertiary/aromatic N) is 1. The standard InChI is InChI=1S/C11H6Cl2NO2S/c1-16-11(15)10-9(14-5-17-10)6-2-3-7(12)8(13)4-6/h2-4H,1H3. The number of carbonyl (C=O) groups is 1. The van der Waals surface area contributed by atoms with Gasteiger partial charge in [-0.05, 0) is 12.1 Å². The first kappa shape index (κ1) is 12.4. The van der Waals surface area contributed by atoms with Crippen LogP contribution >= 0.6 is 34.5 Å². The van der Waals surface area contributed by atoms with Crippen molar-refractivity contribution in [3.63, 3.8) is 0 Å². The Bertz CT molecular complexity index is 568. The molecular weight excluding hydrogens is 281 g/mol. The molecular formula is C11H6Cl2NO2S. The summed E-state index contributed by atoms with van der Waals surface area (Å²) in [5.41, 5.74) is 3.87. The highest BCUT2D eigenvalue weighted by molar-refractivity contribution is 7.11. The minimum Gasteiger partial charge on any atom is -0.465 e. The van der Waals surface area contributed by atoms with Gasteiger partial charge in [-0.15, -0.1) is 11.3 Å². The number of esters is 1. The van der Waals surface area contributed by atoms with Crippen molar-refractivity contribution < 1.29 is 9.53 Å². The predicted molar refractivity (Wildman–Crippen MR) is 67.7 cm³/mol. The van der Waals surface area contributed by atoms with Crippen molar-refractivity contribution in [1.82, 2.24) is 4.98 Å². The molecule has 87 valence electrons. The van der Waals surface area contributed by atoms with Crippen molar-refractivity contribution in [2.45, 2.75) is 0 Å². The van der Waals surface area contributed by atoms with Gasteiger partial charge in [0.2, 0.25) is 0 Å². The molecule has 1 radical (unpaired) electrons. The maximum absolute atomic E-state index is 11.5. The topological polar surface area (TPSA) is 39.2 Å². The van der Waals surface area contributed by atoms with E-state index in [-0.39, 0.29) is 0 Å². The summed E-state index contributed by atoms with van der Waals surface area (Å²) in [7, 11) is 1.32. The van der Waals surface area contributed by atoms with Gasteiger partial charge in [-0.2, -0.15) is 0 Å². The van der Waals surface area contributed by atoms with Gasteiger partial charge in [0.1, 0.15) is 4.88 Å². The van der Waals surface area contributed by atoms with Crippen molar-refractivity contribution in [1.29, 1.82) is 0 Å². The summed E-state index contributed by atoms with van der Waals surface area (Å²) in [5, 5.41) is 0.863. The summed E-state index contributed by atoms with van der Waals surface area (Å²) in [6, 6.07) is 5.04. The molecule has 0 aliphatic heterocycles. The number of hydrogen-bond acceptors (Lipinski definition) is 4. The van der Waals surface area contributed by atoms with Crippen molar-refractivity contribution in [2.24, 2.45) is 0 Å². The normalized spacial score (nSPS) is 10.3. The van der Waals surface area contributed by atoms with E-state index in [9.17, 15) is 4.79 Å². The SMILES string of the molecule is COC(=O)c1s[c]nc1-c1ccc(Cl)c(Cl)c1. The zero-order valence-electron chi connectivity index (χ0n) is 8.66. The molecule has 0 N–H and O–H groups in total. The van der Waals surface area contributed by atoms with Crippen LogP contribution < -0.4 is 0 Å². The molecule has 1 aromatic heterocycles. The lowest BCUT2D eigenvalue weighted by Gasteiger charge is -2.02. The fourth-order valence-corrected chi connectivity index (χ4v) is 2.24. The van der Waals surface area contributed by atoms with Crippen LogP contribution in [0.25, 0.3) is 11.3 Å². The van der Waals surface area contributed by atoms with E-state index >= 15 is 0 Å². The highest BCUT2D eigenvalue weighted by Gasteiger charge is 2.17. The van der Waals surface area contributed by atoms with E-state index in [1.54, 1.807) is 18.2 Å². The van der Waals surface area contributed by atoms with Gasteiger partial charge in [0.05, 0.1) is 22.8 Å². The van der Waals surface area contributed by atoms with Gasteiger partial charge in [-0.1, -0.05) is 29.3 Å². The van der Waals surface area contributed by atoms with Crippen LogP contribution in [0.15, 0.2) is 18.2 Å². The fourth-order valence-electron chi connectivity index (χ4n) is 1.28. The Balaban J connectivity index is 2.50. The molecule has 0 saturated heterocycles. The molecule has 0 amide bonds. The van der Waals surface area contributed by atoms with Crippen LogP contribution in [-0.4, -0.2) is 18.1 Å². The minimum atomic E-state index is -0.440. The number of benzene rings is 1. The second kappa shape index (κ2) is 5.04. The predicted octanol–water partition coefficient (Wildman–Crippen LogP) is 3.70. The highest BCUT2D eigenvalue weighted by Crippen LogP contribution is 2.31. The maximum Gasteiger partial charge on any atom is 0.350 e. The Kier molecular flexibility index (Phi) is 3.66. The van der Waals surface area contributed by atoms with Crippen LogP contribution in [0.5, 0.6) is 0 Å². The second-order valence-electron chi connectivity index (χ2n) is 3.10. The van der Waals surface area contributed by atoms with E-state index in [0.717, 1.165) is 11.3 Å². The van der Waals surface area contributed by atoms with Crippen molar-refractivity contribution in [2.75, 3.05) is 7.11 Å². The number of halogens is 2. The van der Waals surface area contributed by atoms with Gasteiger partial charge < -0.3 is 4.74 Å². The van der Waals surface area contributed by atoms with E-state index < -0.39 is 5.97 Å². The molecule has 0 bridgehead atoms. The van der Waals surface area contributed by atoms with Crippen LogP contribution in [0.2, 0.25) is 10.0 Å². The molecule has 0 saturated carbocycles. The van der Waals surface area contributed by atoms with Crippen molar-refractivity contribution >= 4 is 40.5 Å². The summed E-state index contributed by atoms with van der Waals surface area (Å²) in [6.07, 6.45) is 0. The van der Waals surface area contributed by atoms with Gasteiger partial charge in [-0.25, -0.2) is 9.78 Å². The molecule has 0 aliphatic rings. The number of carbonyl (C=O) groups excluding carboxylic acids is 1. The van der Waals surface area contributed by atoms with Gasteiger partial charge in [-0.3, -0.25) is 0 Å². The molecule has 1 heterocycles. The number of thiazole rings is 1. The van der Waals surface area contributed by atoms with Gasteiger partial charge >= 0.3 is 5.97 Å². The molecule has 0 spiro atoms. The first-order valence-electron chi connectivity index (χ1n) is 4.54. The molecule has 0 atom stereocenters. The summed E-state index contributed by atoms with van der Waals surface area (Å²) in [5.74, 6) is -0.440. The lowest BCUT2D eigenvalue weighted by Crippen LogP contribution is -2.00. The van der Waals surface area contributed by atoms with Gasteiger partial charge in [0.25, 0.3) is 0 Å². The quantitative estimate of drug-likeness (QED) is 0.790. The third-order valence-electron chi connectivity index (χ3n) is 2.08. The number of methoxy groups -OCH3 is 1. The Hall–Kier alpha value is -1.10. The molecule has 2 aromatic rings. The lowest BCUT2D eigenvalue weighted by molar-refractivity contribution is 0.0607. The first-order valence-corrected chi connectivity index (χ1v) is 6.11. The first-order chi connectivity index (χ1) is 8.13. The Labute approximate surface area is 112 Å². The Morgan fingerprint density at radius 2 is 2.18 bits per heavy atom. The smallest absolute Gasteiger partial charge is 0.350 e. The molecule has 0 fully saturated rings. The third kappa shape index (κ3) is 2.44. The van der Waals surface area contributed by atoms with E-state index in [1.807, 2.05) is 0 Å². The number of ether oxygens (including phenoxy) is 1. The van der Waals surface area contributed by atoms with Crippen LogP contribution in [0.1, 0.15) is 9.67 Å². The number of aromatic nitrogens is 1. The van der Waals surface area contributed by atoms with Crippen LogP contribution in [-0.2, 0) is 4.74 Å². The van der Waals surface area contributed by atoms with Crippen molar-refractivity contribution in [3.8, 4) is 11.3 Å². The molecule has 2 rings (SSSR count). The largest absolute Gasteiger partial charge is 0.465 e. The third-order valence-corrected chi connectivity index (χ3v) is 3.57. The van der Waals surface area contributed by atoms with E-state index in [2.05, 4.69) is 15.2 Å². The van der Waals surface area contributed by atoms with Gasteiger partial charge in [0, 0.05) is 5.56 Å². The summed E-state index contributed by atoms with van der Waals surface area (Å²) >= 11 is 12.8. The zero-order chi connectivity index (χ0) is 12.4. The molecule has 6 heteroatoms. The molecule has 0 unspecified atom stereocenters. The maximum atomic E-state index is 11.5. The summed E-state index contributed by atoms with van der Waals surface area (Å²) in [4.78, 5) is 15.9. The lowest BCUT2D eigenvalue weighted by atomic mass is 10.1. The number of hydrogen-bond donors (Lipinski definition) is 0. The minimum absolute atomic E-state index is 0.394. The van der Waals surface area contributed by atoms with Crippen LogP contribution in [0, 0.1) is 5.51 Å². The van der Waals surface area contributed by atoms with E-state index in [4.69, 9.17) is 23.2 Å². The average Bonchev–Trinajstić information content (AvgIpc) is 2.80. The molecule has 0 aliphatic carbocycles. The highest BCUT2D eigenvalue weighted by atomic mass is 35.5. The fraction of sp³-hybridized carbons (Fsp3) is 0.0909. The zero-order valence-corrected chi connectivity index (χ0v) is 11.0. The monoisotopic (exact) mass is 286 g/mol. The second-order valence-corrected chi connectivity index (χ2v) is 4.71. The molecule has 3 nitrogen and oxygen atoms in total. The summed E-state index contributed by atoms with van der Waals surface area (Å²) in [6.45, 7) is 0. The number of rotatable bonds is 2. The summed E-state index contributed by atoms with van der Waals surface area (Å²) < 4.78 is 4.66. The van der Waals surface area contributed by atoms with Crippen LogP contribution in [0.4, 0.5) is 0 Å². The Morgan fingerprint density at radius 3 is 2.82 bits per heavy atom. The van der Waals surface area contributed by atoms with Crippen molar-refractivity contribution in [3.05, 3.63) is 38.6 Å². The van der Waals surface area contributed by atoms with Gasteiger partial charge in [0.15, 0.2) is 5.51 Å². The molecule has 1 aromatic carbocycles. The van der Waals surface area contributed by atoms with Crippen LogP contribution in [0.3, 0.4) is 0 Å². The molecule has 17 heavy (non-hydrogen) atoms. The Morgan fingerprint density at radius 1 is 1.41 bits per heavy atom.